The van der Waals surface area contributed by atoms with E-state index in [1.165, 1.54) is 24.3 Å². The second kappa shape index (κ2) is 8.78. The summed E-state index contributed by atoms with van der Waals surface area (Å²) >= 11 is 0. The first-order chi connectivity index (χ1) is 11.9. The minimum Gasteiger partial charge on any atom is -0.452 e. The van der Waals surface area contributed by atoms with Gasteiger partial charge in [-0.05, 0) is 42.5 Å². The van der Waals surface area contributed by atoms with Crippen molar-refractivity contribution in [3.63, 3.8) is 0 Å². The Kier molecular flexibility index (Phi) is 6.73. The number of nitrogens with one attached hydrogen (secondary N) is 1. The van der Waals surface area contributed by atoms with Gasteiger partial charge in [0, 0.05) is 6.04 Å². The van der Waals surface area contributed by atoms with Crippen molar-refractivity contribution >= 4 is 11.9 Å². The molecular formula is C18H23F2NO4. The third-order valence-corrected chi connectivity index (χ3v) is 4.70. The van der Waals surface area contributed by atoms with Gasteiger partial charge >= 0.3 is 12.6 Å². The van der Waals surface area contributed by atoms with E-state index in [4.69, 9.17) is 4.74 Å². The van der Waals surface area contributed by atoms with Crippen molar-refractivity contribution in [3.8, 4) is 5.75 Å². The van der Waals surface area contributed by atoms with Crippen molar-refractivity contribution < 1.29 is 27.8 Å². The highest BCUT2D eigenvalue weighted by Crippen LogP contribution is 2.29. The van der Waals surface area contributed by atoms with Crippen LogP contribution in [0.3, 0.4) is 0 Å². The molecule has 1 fully saturated rings. The van der Waals surface area contributed by atoms with Crippen molar-refractivity contribution in [2.45, 2.75) is 45.8 Å². The minimum absolute atomic E-state index is 0.0512. The normalized spacial score (nSPS) is 23.2. The Morgan fingerprint density at radius 3 is 2.52 bits per heavy atom. The largest absolute Gasteiger partial charge is 0.452 e. The van der Waals surface area contributed by atoms with Crippen LogP contribution in [0.2, 0.25) is 0 Å². The van der Waals surface area contributed by atoms with E-state index in [2.05, 4.69) is 23.9 Å². The maximum absolute atomic E-state index is 12.1. The number of alkyl halides is 2. The predicted molar refractivity (Wildman–Crippen MR) is 87.5 cm³/mol. The molecule has 3 atom stereocenters. The average Bonchev–Trinajstić information content (AvgIpc) is 2.57. The molecule has 0 bridgehead atoms. The van der Waals surface area contributed by atoms with E-state index >= 15 is 0 Å². The molecule has 1 saturated carbocycles. The van der Waals surface area contributed by atoms with E-state index in [1.54, 1.807) is 0 Å². The number of hydrogen-bond acceptors (Lipinski definition) is 4. The highest BCUT2D eigenvalue weighted by molar-refractivity contribution is 5.91. The topological polar surface area (TPSA) is 64.6 Å². The molecule has 0 aliphatic heterocycles. The molecule has 0 saturated heterocycles. The van der Waals surface area contributed by atoms with Gasteiger partial charge in [0.25, 0.3) is 5.91 Å². The van der Waals surface area contributed by atoms with Crippen molar-refractivity contribution in [3.05, 3.63) is 29.8 Å². The maximum Gasteiger partial charge on any atom is 0.387 e. The van der Waals surface area contributed by atoms with Crippen molar-refractivity contribution in [1.82, 2.24) is 5.32 Å². The number of rotatable bonds is 6. The molecule has 1 amide bonds. The zero-order chi connectivity index (χ0) is 18.4. The Morgan fingerprint density at radius 1 is 1.20 bits per heavy atom. The third-order valence-electron chi connectivity index (χ3n) is 4.70. The third kappa shape index (κ3) is 5.69. The second-order valence-corrected chi connectivity index (χ2v) is 6.42. The smallest absolute Gasteiger partial charge is 0.387 e. The first-order valence-electron chi connectivity index (χ1n) is 8.38. The summed E-state index contributed by atoms with van der Waals surface area (Å²) in [7, 11) is 0. The van der Waals surface area contributed by atoms with Gasteiger partial charge in [0.05, 0.1) is 5.56 Å². The van der Waals surface area contributed by atoms with Crippen LogP contribution in [0.1, 0.15) is 43.5 Å². The van der Waals surface area contributed by atoms with Crippen LogP contribution in [-0.4, -0.2) is 31.1 Å². The zero-order valence-electron chi connectivity index (χ0n) is 14.3. The van der Waals surface area contributed by atoms with Gasteiger partial charge in [-0.25, -0.2) is 4.79 Å². The number of esters is 1. The Labute approximate surface area is 145 Å². The molecule has 1 aliphatic rings. The number of halogens is 2. The highest BCUT2D eigenvalue weighted by Gasteiger charge is 2.28. The lowest BCUT2D eigenvalue weighted by molar-refractivity contribution is -0.125. The molecule has 2 rings (SSSR count). The van der Waals surface area contributed by atoms with Crippen LogP contribution in [0, 0.1) is 11.8 Å². The molecule has 7 heteroatoms. The molecule has 1 aromatic carbocycles. The molecule has 1 N–H and O–H groups in total. The molecule has 0 unspecified atom stereocenters. The number of carbonyl (C=O) groups excluding carboxylic acids is 2. The number of hydrogen-bond donors (Lipinski definition) is 1. The van der Waals surface area contributed by atoms with Crippen LogP contribution in [0.15, 0.2) is 24.3 Å². The molecule has 1 aromatic rings. The van der Waals surface area contributed by atoms with E-state index in [0.29, 0.717) is 11.8 Å². The summed E-state index contributed by atoms with van der Waals surface area (Å²) in [5.74, 6) is -0.142. The summed E-state index contributed by atoms with van der Waals surface area (Å²) in [5, 5.41) is 2.92. The lowest BCUT2D eigenvalue weighted by Gasteiger charge is -2.34. The fourth-order valence-corrected chi connectivity index (χ4v) is 3.02. The van der Waals surface area contributed by atoms with Gasteiger partial charge in [-0.2, -0.15) is 8.78 Å². The van der Waals surface area contributed by atoms with E-state index < -0.39 is 12.6 Å². The van der Waals surface area contributed by atoms with Crippen molar-refractivity contribution in [1.29, 1.82) is 0 Å². The van der Waals surface area contributed by atoms with Crippen LogP contribution in [-0.2, 0) is 9.53 Å². The summed E-state index contributed by atoms with van der Waals surface area (Å²) in [6.45, 7) is 0.992. The first-order valence-corrected chi connectivity index (χ1v) is 8.38. The number of amides is 1. The Hall–Kier alpha value is -2.18. The summed E-state index contributed by atoms with van der Waals surface area (Å²) in [6, 6.07) is 5.20. The first kappa shape index (κ1) is 19.1. The molecule has 0 spiro atoms. The maximum atomic E-state index is 12.1. The van der Waals surface area contributed by atoms with Crippen LogP contribution in [0.5, 0.6) is 5.75 Å². The van der Waals surface area contributed by atoms with Crippen LogP contribution >= 0.6 is 0 Å². The zero-order valence-corrected chi connectivity index (χ0v) is 14.3. The quantitative estimate of drug-likeness (QED) is 0.795. The minimum atomic E-state index is -2.92. The molecule has 0 aromatic heterocycles. The lowest BCUT2D eigenvalue weighted by atomic mass is 9.78. The Balaban J connectivity index is 1.80. The van der Waals surface area contributed by atoms with Gasteiger partial charge in [-0.3, -0.25) is 4.79 Å². The standard InChI is InChI=1S/C18H23F2NO4/c1-11-4-3-5-15(12(11)2)21-16(22)10-24-17(23)13-6-8-14(9-7-13)25-18(19)20/h6-9,11-12,15,18H,3-5,10H2,1-2H3,(H,21,22)/t11-,12+,15+/m1/s1. The number of carbonyl (C=O) groups is 2. The molecule has 0 radical (unpaired) electrons. The number of ether oxygens (including phenoxy) is 2. The molecule has 138 valence electrons. The fourth-order valence-electron chi connectivity index (χ4n) is 3.02. The van der Waals surface area contributed by atoms with Gasteiger partial charge in [0.2, 0.25) is 0 Å². The highest BCUT2D eigenvalue weighted by atomic mass is 19.3. The SMILES string of the molecule is C[C@H]1[C@H](C)CCC[C@@H]1NC(=O)COC(=O)c1ccc(OC(F)F)cc1. The molecule has 1 aliphatic carbocycles. The van der Waals surface area contributed by atoms with Crippen molar-refractivity contribution in [2.24, 2.45) is 11.8 Å². The van der Waals surface area contributed by atoms with Crippen molar-refractivity contribution in [2.75, 3.05) is 6.61 Å². The molecule has 25 heavy (non-hydrogen) atoms. The van der Waals surface area contributed by atoms with Crippen LogP contribution < -0.4 is 10.1 Å². The fraction of sp³-hybridized carbons (Fsp3) is 0.556. The second-order valence-electron chi connectivity index (χ2n) is 6.42. The van der Waals surface area contributed by atoms with E-state index in [0.717, 1.165) is 19.3 Å². The van der Waals surface area contributed by atoms with E-state index in [9.17, 15) is 18.4 Å². The van der Waals surface area contributed by atoms with Crippen LogP contribution in [0.25, 0.3) is 0 Å². The summed E-state index contributed by atoms with van der Waals surface area (Å²) in [5.41, 5.74) is 0.161. The Bertz CT molecular complexity index is 591. The van der Waals surface area contributed by atoms with Gasteiger partial charge in [-0.1, -0.05) is 26.7 Å². The predicted octanol–water partition coefficient (Wildman–Crippen LogP) is 3.39. The Morgan fingerprint density at radius 2 is 1.88 bits per heavy atom. The van der Waals surface area contributed by atoms with E-state index in [-0.39, 0.29) is 29.9 Å². The van der Waals surface area contributed by atoms with Gasteiger partial charge < -0.3 is 14.8 Å². The lowest BCUT2D eigenvalue weighted by Crippen LogP contribution is -2.45. The van der Waals surface area contributed by atoms with Gasteiger partial charge in [-0.15, -0.1) is 0 Å². The molecule has 5 nitrogen and oxygen atoms in total. The average molecular weight is 355 g/mol. The van der Waals surface area contributed by atoms with E-state index in [1.807, 2.05) is 0 Å². The summed E-state index contributed by atoms with van der Waals surface area (Å²) in [4.78, 5) is 23.9. The molecular weight excluding hydrogens is 332 g/mol. The van der Waals surface area contributed by atoms with Gasteiger partial charge in [0.1, 0.15) is 5.75 Å². The number of benzene rings is 1. The summed E-state index contributed by atoms with van der Waals surface area (Å²) in [6.07, 6.45) is 3.16. The summed E-state index contributed by atoms with van der Waals surface area (Å²) < 4.78 is 33.3. The molecule has 0 heterocycles. The monoisotopic (exact) mass is 355 g/mol. The van der Waals surface area contributed by atoms with Crippen LogP contribution in [0.4, 0.5) is 8.78 Å². The van der Waals surface area contributed by atoms with Gasteiger partial charge in [0.15, 0.2) is 6.61 Å².